The zero-order chi connectivity index (χ0) is 15.6. The summed E-state index contributed by atoms with van der Waals surface area (Å²) in [6.45, 7) is 2.44. The lowest BCUT2D eigenvalue weighted by molar-refractivity contribution is -0.140. The Kier molecular flexibility index (Phi) is 4.88. The summed E-state index contributed by atoms with van der Waals surface area (Å²) in [4.78, 5) is 11.2. The second-order valence-electron chi connectivity index (χ2n) is 4.99. The van der Waals surface area contributed by atoms with Crippen molar-refractivity contribution in [2.45, 2.75) is 24.3 Å². The van der Waals surface area contributed by atoms with Crippen molar-refractivity contribution in [2.24, 2.45) is 5.92 Å². The van der Waals surface area contributed by atoms with E-state index in [1.165, 1.54) is 12.1 Å². The first-order valence-electron chi connectivity index (χ1n) is 6.40. The molecule has 0 spiro atoms. The molecule has 116 valence electrons. The van der Waals surface area contributed by atoms with E-state index in [4.69, 9.17) is 16.3 Å². The highest BCUT2D eigenvalue weighted by Gasteiger charge is 2.35. The normalized spacial score (nSPS) is 20.4. The van der Waals surface area contributed by atoms with Crippen LogP contribution in [0.15, 0.2) is 23.1 Å². The lowest BCUT2D eigenvalue weighted by Crippen LogP contribution is -2.46. The summed E-state index contributed by atoms with van der Waals surface area (Å²) in [5.41, 5.74) is 0.818. The zero-order valence-corrected chi connectivity index (χ0v) is 12.9. The lowest BCUT2D eigenvalue weighted by Gasteiger charge is -2.20. The fraction of sp³-hybridized carbons (Fsp3) is 0.462. The van der Waals surface area contributed by atoms with Crippen molar-refractivity contribution >= 4 is 27.6 Å². The Balaban J connectivity index is 2.27. The van der Waals surface area contributed by atoms with Gasteiger partial charge in [-0.15, -0.1) is 0 Å². The van der Waals surface area contributed by atoms with Gasteiger partial charge in [0.2, 0.25) is 10.0 Å². The molecule has 0 aliphatic carbocycles. The molecule has 1 saturated heterocycles. The molecule has 1 aromatic carbocycles. The predicted octanol–water partition coefficient (Wildman–Crippen LogP) is 1.42. The van der Waals surface area contributed by atoms with E-state index < -0.39 is 22.0 Å². The van der Waals surface area contributed by atoms with Crippen molar-refractivity contribution in [3.63, 3.8) is 0 Å². The van der Waals surface area contributed by atoms with E-state index in [1.807, 2.05) is 0 Å². The third-order valence-electron chi connectivity index (χ3n) is 3.36. The second kappa shape index (κ2) is 6.31. The highest BCUT2D eigenvalue weighted by atomic mass is 35.5. The van der Waals surface area contributed by atoms with E-state index in [-0.39, 0.29) is 22.4 Å². The number of hydrogen-bond donors (Lipinski definition) is 2. The number of aryl methyl sites for hydroxylation is 1. The van der Waals surface area contributed by atoms with Crippen LogP contribution in [0.4, 0.5) is 0 Å². The van der Waals surface area contributed by atoms with Gasteiger partial charge in [-0.05, 0) is 31.0 Å². The van der Waals surface area contributed by atoms with Gasteiger partial charge in [-0.1, -0.05) is 17.7 Å². The van der Waals surface area contributed by atoms with E-state index in [2.05, 4.69) is 4.72 Å². The number of hydrogen-bond acceptors (Lipinski definition) is 4. The molecule has 2 rings (SSSR count). The first-order chi connectivity index (χ1) is 9.81. The van der Waals surface area contributed by atoms with Crippen LogP contribution >= 0.6 is 11.6 Å². The highest BCUT2D eigenvalue weighted by Crippen LogP contribution is 2.24. The molecule has 2 N–H and O–H groups in total. The van der Waals surface area contributed by atoms with Crippen LogP contribution in [0.2, 0.25) is 5.02 Å². The van der Waals surface area contributed by atoms with Gasteiger partial charge in [0.25, 0.3) is 0 Å². The average molecular weight is 334 g/mol. The van der Waals surface area contributed by atoms with E-state index in [1.54, 1.807) is 13.0 Å². The summed E-state index contributed by atoms with van der Waals surface area (Å²) in [5.74, 6) is -1.61. The molecule has 0 amide bonds. The maximum absolute atomic E-state index is 12.3. The van der Waals surface area contributed by atoms with Gasteiger partial charge in [0.15, 0.2) is 0 Å². The van der Waals surface area contributed by atoms with Crippen molar-refractivity contribution in [1.82, 2.24) is 4.72 Å². The lowest BCUT2D eigenvalue weighted by atomic mass is 10.0. The van der Waals surface area contributed by atoms with Crippen LogP contribution < -0.4 is 4.72 Å². The van der Waals surface area contributed by atoms with Crippen molar-refractivity contribution in [3.05, 3.63) is 28.8 Å². The van der Waals surface area contributed by atoms with E-state index >= 15 is 0 Å². The summed E-state index contributed by atoms with van der Waals surface area (Å²) < 4.78 is 32.0. The largest absolute Gasteiger partial charge is 0.480 e. The number of halogens is 1. The standard InChI is InChI=1S/C13H16ClNO5S/c1-8-2-3-11(10(14)6-8)21(18,19)15-12(13(16)17)9-4-5-20-7-9/h2-3,6,9,12,15H,4-5,7H2,1H3,(H,16,17). The summed E-state index contributed by atoms with van der Waals surface area (Å²) in [5, 5.41) is 9.31. The van der Waals surface area contributed by atoms with Gasteiger partial charge < -0.3 is 9.84 Å². The molecule has 8 heteroatoms. The molecule has 21 heavy (non-hydrogen) atoms. The number of benzene rings is 1. The summed E-state index contributed by atoms with van der Waals surface area (Å²) >= 11 is 5.95. The SMILES string of the molecule is Cc1ccc(S(=O)(=O)NC(C(=O)O)C2CCOC2)c(Cl)c1. The molecule has 0 saturated carbocycles. The Morgan fingerprint density at radius 3 is 2.76 bits per heavy atom. The van der Waals surface area contributed by atoms with Crippen molar-refractivity contribution in [3.8, 4) is 0 Å². The monoisotopic (exact) mass is 333 g/mol. The van der Waals surface area contributed by atoms with Crippen LogP contribution in [-0.2, 0) is 19.6 Å². The molecular formula is C13H16ClNO5S. The Bertz CT molecular complexity index is 640. The Morgan fingerprint density at radius 2 is 2.24 bits per heavy atom. The van der Waals surface area contributed by atoms with Crippen molar-refractivity contribution in [2.75, 3.05) is 13.2 Å². The maximum atomic E-state index is 12.3. The van der Waals surface area contributed by atoms with Crippen LogP contribution in [0.5, 0.6) is 0 Å². The van der Waals surface area contributed by atoms with Crippen LogP contribution in [0.25, 0.3) is 0 Å². The maximum Gasteiger partial charge on any atom is 0.322 e. The quantitative estimate of drug-likeness (QED) is 0.850. The molecule has 0 radical (unpaired) electrons. The van der Waals surface area contributed by atoms with Gasteiger partial charge in [-0.25, -0.2) is 8.42 Å². The molecular weight excluding hydrogens is 318 g/mol. The average Bonchev–Trinajstić information content (AvgIpc) is 2.88. The van der Waals surface area contributed by atoms with Crippen LogP contribution in [-0.4, -0.2) is 38.7 Å². The smallest absolute Gasteiger partial charge is 0.322 e. The van der Waals surface area contributed by atoms with E-state index in [9.17, 15) is 18.3 Å². The number of rotatable bonds is 5. The minimum Gasteiger partial charge on any atom is -0.480 e. The topological polar surface area (TPSA) is 92.7 Å². The van der Waals surface area contributed by atoms with Gasteiger partial charge in [0, 0.05) is 12.5 Å². The molecule has 6 nitrogen and oxygen atoms in total. The van der Waals surface area contributed by atoms with Gasteiger partial charge >= 0.3 is 5.97 Å². The van der Waals surface area contributed by atoms with Gasteiger partial charge in [0.1, 0.15) is 10.9 Å². The molecule has 1 aromatic rings. The first kappa shape index (κ1) is 16.2. The van der Waals surface area contributed by atoms with Crippen LogP contribution in [0, 0.1) is 12.8 Å². The summed E-state index contributed by atoms with van der Waals surface area (Å²) in [7, 11) is -4.01. The number of aliphatic carboxylic acids is 1. The third kappa shape index (κ3) is 3.74. The predicted molar refractivity (Wildman–Crippen MR) is 76.9 cm³/mol. The second-order valence-corrected chi connectivity index (χ2v) is 7.08. The number of nitrogens with one attached hydrogen (secondary N) is 1. The minimum absolute atomic E-state index is 0.0642. The number of sulfonamides is 1. The third-order valence-corrected chi connectivity index (χ3v) is 5.29. The highest BCUT2D eigenvalue weighted by molar-refractivity contribution is 7.89. The summed E-state index contributed by atoms with van der Waals surface area (Å²) in [6.07, 6.45) is 0.501. The molecule has 1 fully saturated rings. The van der Waals surface area contributed by atoms with Gasteiger partial charge in [-0.2, -0.15) is 4.72 Å². The Labute approximate surface area is 128 Å². The fourth-order valence-electron chi connectivity index (χ4n) is 2.22. The van der Waals surface area contributed by atoms with E-state index in [0.29, 0.717) is 13.0 Å². The molecule has 1 aliphatic heterocycles. The minimum atomic E-state index is -4.01. The molecule has 1 heterocycles. The number of carboxylic acid groups (broad SMARTS) is 1. The molecule has 0 aromatic heterocycles. The Morgan fingerprint density at radius 1 is 1.52 bits per heavy atom. The van der Waals surface area contributed by atoms with Crippen LogP contribution in [0.1, 0.15) is 12.0 Å². The Hall–Kier alpha value is -1.15. The molecule has 0 bridgehead atoms. The number of ether oxygens (including phenoxy) is 1. The number of carboxylic acids is 1. The van der Waals surface area contributed by atoms with Crippen LogP contribution in [0.3, 0.4) is 0 Å². The fourth-order valence-corrected chi connectivity index (χ4v) is 4.08. The van der Waals surface area contributed by atoms with Crippen molar-refractivity contribution < 1.29 is 23.1 Å². The van der Waals surface area contributed by atoms with Crippen molar-refractivity contribution in [1.29, 1.82) is 0 Å². The number of carbonyl (C=O) groups is 1. The van der Waals surface area contributed by atoms with Gasteiger partial charge in [0.05, 0.1) is 11.6 Å². The molecule has 2 unspecified atom stereocenters. The first-order valence-corrected chi connectivity index (χ1v) is 8.26. The molecule has 1 aliphatic rings. The molecule has 2 atom stereocenters. The summed E-state index contributed by atoms with van der Waals surface area (Å²) in [6, 6.07) is 3.26. The zero-order valence-electron chi connectivity index (χ0n) is 11.4. The van der Waals surface area contributed by atoms with E-state index in [0.717, 1.165) is 5.56 Å². The van der Waals surface area contributed by atoms with Gasteiger partial charge in [-0.3, -0.25) is 4.79 Å².